The summed E-state index contributed by atoms with van der Waals surface area (Å²) in [7, 11) is 3.66. The number of hydrogen-bond acceptors (Lipinski definition) is 3. The van der Waals surface area contributed by atoms with Crippen molar-refractivity contribution in [2.75, 3.05) is 14.1 Å². The second kappa shape index (κ2) is 4.72. The van der Waals surface area contributed by atoms with Crippen molar-refractivity contribution in [1.29, 1.82) is 0 Å². The van der Waals surface area contributed by atoms with Gasteiger partial charge in [0.25, 0.3) is 0 Å². The van der Waals surface area contributed by atoms with E-state index in [-0.39, 0.29) is 11.8 Å². The lowest BCUT2D eigenvalue weighted by Gasteiger charge is -2.19. The van der Waals surface area contributed by atoms with Crippen LogP contribution in [0.15, 0.2) is 24.8 Å². The van der Waals surface area contributed by atoms with Gasteiger partial charge in [-0.25, -0.2) is 4.79 Å². The third-order valence-electron chi connectivity index (χ3n) is 1.51. The summed E-state index contributed by atoms with van der Waals surface area (Å²) in [6.07, 6.45) is 1.14. The quantitative estimate of drug-likeness (QED) is 0.274. The first-order chi connectivity index (χ1) is 5.49. The monoisotopic (exact) mass is 169 g/mol. The van der Waals surface area contributed by atoms with E-state index in [1.807, 2.05) is 14.1 Å². The summed E-state index contributed by atoms with van der Waals surface area (Å²) in [6, 6.07) is 0. The Morgan fingerprint density at radius 1 is 1.58 bits per heavy atom. The summed E-state index contributed by atoms with van der Waals surface area (Å²) < 4.78 is 4.98. The largest absolute Gasteiger partial charge is 0.443 e. The SMILES string of the molecule is C=CC(=C)C(=O)OC(C)N(C)C. The van der Waals surface area contributed by atoms with Gasteiger partial charge in [-0.05, 0) is 21.0 Å². The molecule has 1 atom stereocenters. The smallest absolute Gasteiger partial charge is 0.339 e. The maximum Gasteiger partial charge on any atom is 0.339 e. The Morgan fingerprint density at radius 3 is 2.42 bits per heavy atom. The van der Waals surface area contributed by atoms with Gasteiger partial charge in [-0.2, -0.15) is 0 Å². The van der Waals surface area contributed by atoms with E-state index in [0.29, 0.717) is 0 Å². The summed E-state index contributed by atoms with van der Waals surface area (Å²) >= 11 is 0. The van der Waals surface area contributed by atoms with E-state index in [0.717, 1.165) is 0 Å². The zero-order valence-electron chi connectivity index (χ0n) is 7.83. The van der Waals surface area contributed by atoms with Gasteiger partial charge in [0.2, 0.25) is 0 Å². The molecule has 3 nitrogen and oxygen atoms in total. The van der Waals surface area contributed by atoms with Crippen molar-refractivity contribution in [2.24, 2.45) is 0 Å². The molecule has 0 saturated carbocycles. The normalized spacial score (nSPS) is 12.3. The Kier molecular flexibility index (Phi) is 4.29. The summed E-state index contributed by atoms with van der Waals surface area (Å²) in [5.74, 6) is -0.425. The van der Waals surface area contributed by atoms with Crippen LogP contribution < -0.4 is 0 Å². The second-order valence-corrected chi connectivity index (χ2v) is 2.70. The van der Waals surface area contributed by atoms with Crippen LogP contribution in [0.1, 0.15) is 6.92 Å². The molecule has 0 aromatic heterocycles. The molecule has 0 rings (SSSR count). The molecule has 0 N–H and O–H groups in total. The highest BCUT2D eigenvalue weighted by molar-refractivity contribution is 5.90. The Labute approximate surface area is 73.3 Å². The molecule has 0 aliphatic heterocycles. The maximum atomic E-state index is 11.1. The standard InChI is InChI=1S/C9H15NO2/c1-6-7(2)9(11)12-8(3)10(4)5/h6,8H,1-2H2,3-5H3. The Balaban J connectivity index is 4.01. The lowest BCUT2D eigenvalue weighted by atomic mass is 10.3. The highest BCUT2D eigenvalue weighted by Gasteiger charge is 2.11. The highest BCUT2D eigenvalue weighted by Crippen LogP contribution is 2.01. The summed E-state index contributed by atoms with van der Waals surface area (Å²) in [5.41, 5.74) is 0.281. The lowest BCUT2D eigenvalue weighted by Crippen LogP contribution is -2.30. The zero-order valence-corrected chi connectivity index (χ0v) is 7.83. The molecular weight excluding hydrogens is 154 g/mol. The van der Waals surface area contributed by atoms with Crippen LogP contribution >= 0.6 is 0 Å². The van der Waals surface area contributed by atoms with Crippen LogP contribution in [0.5, 0.6) is 0 Å². The molecule has 0 spiro atoms. The lowest BCUT2D eigenvalue weighted by molar-refractivity contribution is -0.149. The number of carbonyl (C=O) groups is 1. The molecule has 68 valence electrons. The van der Waals surface area contributed by atoms with Gasteiger partial charge >= 0.3 is 5.97 Å². The van der Waals surface area contributed by atoms with Crippen molar-refractivity contribution in [3.63, 3.8) is 0 Å². The molecule has 1 unspecified atom stereocenters. The average Bonchev–Trinajstić information content (AvgIpc) is 2.02. The highest BCUT2D eigenvalue weighted by atomic mass is 16.6. The van der Waals surface area contributed by atoms with Crippen LogP contribution in [-0.4, -0.2) is 31.2 Å². The minimum absolute atomic E-state index is 0.241. The van der Waals surface area contributed by atoms with E-state index in [1.54, 1.807) is 11.8 Å². The van der Waals surface area contributed by atoms with Crippen LogP contribution in [0.3, 0.4) is 0 Å². The Morgan fingerprint density at radius 2 is 2.08 bits per heavy atom. The van der Waals surface area contributed by atoms with Crippen molar-refractivity contribution in [1.82, 2.24) is 4.90 Å². The van der Waals surface area contributed by atoms with Gasteiger partial charge in [-0.15, -0.1) is 0 Å². The van der Waals surface area contributed by atoms with Crippen LogP contribution in [0.4, 0.5) is 0 Å². The second-order valence-electron chi connectivity index (χ2n) is 2.70. The molecule has 0 radical (unpaired) electrons. The molecule has 0 aromatic carbocycles. The fraction of sp³-hybridized carbons (Fsp3) is 0.444. The molecule has 0 aliphatic rings. The van der Waals surface area contributed by atoms with Crippen molar-refractivity contribution < 1.29 is 9.53 Å². The fourth-order valence-electron chi connectivity index (χ4n) is 0.419. The van der Waals surface area contributed by atoms with Crippen LogP contribution in [-0.2, 0) is 9.53 Å². The molecule has 0 aromatic rings. The molecular formula is C9H15NO2. The van der Waals surface area contributed by atoms with Crippen molar-refractivity contribution >= 4 is 5.97 Å². The zero-order chi connectivity index (χ0) is 9.72. The number of rotatable bonds is 4. The number of nitrogens with zero attached hydrogens (tertiary/aromatic N) is 1. The fourth-order valence-corrected chi connectivity index (χ4v) is 0.419. The minimum Gasteiger partial charge on any atom is -0.443 e. The van der Waals surface area contributed by atoms with E-state index >= 15 is 0 Å². The first-order valence-electron chi connectivity index (χ1n) is 3.67. The van der Waals surface area contributed by atoms with E-state index in [9.17, 15) is 4.79 Å². The van der Waals surface area contributed by atoms with Gasteiger partial charge in [-0.3, -0.25) is 4.90 Å². The van der Waals surface area contributed by atoms with Crippen LogP contribution in [0, 0.1) is 0 Å². The van der Waals surface area contributed by atoms with E-state index in [1.165, 1.54) is 6.08 Å². The molecule has 0 bridgehead atoms. The van der Waals surface area contributed by atoms with Gasteiger partial charge in [0, 0.05) is 0 Å². The number of carbonyl (C=O) groups excluding carboxylic acids is 1. The minimum atomic E-state index is -0.425. The molecule has 0 saturated heterocycles. The first kappa shape index (κ1) is 10.9. The van der Waals surface area contributed by atoms with Gasteiger partial charge in [0.1, 0.15) is 0 Å². The maximum absolute atomic E-state index is 11.1. The number of esters is 1. The van der Waals surface area contributed by atoms with Crippen LogP contribution in [0.2, 0.25) is 0 Å². The molecule has 3 heteroatoms. The molecule has 12 heavy (non-hydrogen) atoms. The molecule has 0 amide bonds. The van der Waals surface area contributed by atoms with Gasteiger partial charge in [0.15, 0.2) is 6.23 Å². The van der Waals surface area contributed by atoms with Gasteiger partial charge < -0.3 is 4.74 Å². The predicted octanol–water partition coefficient (Wildman–Crippen LogP) is 1.18. The molecule has 0 fully saturated rings. The summed E-state index contributed by atoms with van der Waals surface area (Å²) in [6.45, 7) is 8.68. The summed E-state index contributed by atoms with van der Waals surface area (Å²) in [5, 5.41) is 0. The number of hydrogen-bond donors (Lipinski definition) is 0. The van der Waals surface area contributed by atoms with Gasteiger partial charge in [0.05, 0.1) is 5.57 Å². The van der Waals surface area contributed by atoms with Crippen molar-refractivity contribution in [2.45, 2.75) is 13.2 Å². The first-order valence-corrected chi connectivity index (χ1v) is 3.67. The number of ether oxygens (including phenoxy) is 1. The molecule has 0 heterocycles. The summed E-state index contributed by atoms with van der Waals surface area (Å²) in [4.78, 5) is 12.9. The Bertz CT molecular complexity index is 197. The third kappa shape index (κ3) is 3.34. The average molecular weight is 169 g/mol. The third-order valence-corrected chi connectivity index (χ3v) is 1.51. The van der Waals surface area contributed by atoms with Gasteiger partial charge in [-0.1, -0.05) is 19.2 Å². The Hall–Kier alpha value is -1.09. The van der Waals surface area contributed by atoms with Crippen LogP contribution in [0.25, 0.3) is 0 Å². The van der Waals surface area contributed by atoms with Crippen molar-refractivity contribution in [3.8, 4) is 0 Å². The topological polar surface area (TPSA) is 29.5 Å². The van der Waals surface area contributed by atoms with E-state index in [2.05, 4.69) is 13.2 Å². The predicted molar refractivity (Wildman–Crippen MR) is 48.6 cm³/mol. The van der Waals surface area contributed by atoms with E-state index < -0.39 is 5.97 Å². The van der Waals surface area contributed by atoms with E-state index in [4.69, 9.17) is 4.74 Å². The molecule has 0 aliphatic carbocycles. The van der Waals surface area contributed by atoms with Crippen molar-refractivity contribution in [3.05, 3.63) is 24.8 Å².